The maximum atomic E-state index is 14.5. The normalized spacial score (nSPS) is 22.6. The van der Waals surface area contributed by atoms with E-state index < -0.39 is 157 Å². The van der Waals surface area contributed by atoms with E-state index in [1.165, 1.54) is 72.4 Å². The lowest BCUT2D eigenvalue weighted by atomic mass is 9.83. The van der Waals surface area contributed by atoms with E-state index in [-0.39, 0.29) is 91.6 Å². The van der Waals surface area contributed by atoms with Gasteiger partial charge in [-0.05, 0) is 44.1 Å². The summed E-state index contributed by atoms with van der Waals surface area (Å²) in [6.45, 7) is 9.20. The number of cyclic esters (lactones) is 1. The average molecular weight is 1330 g/mol. The summed E-state index contributed by atoms with van der Waals surface area (Å²) in [5, 5.41) is 34.3. The number of aromatic nitrogens is 3. The van der Waals surface area contributed by atoms with Crippen molar-refractivity contribution in [3.8, 4) is 23.2 Å². The number of carboxylic acid groups (broad SMARTS) is 2. The summed E-state index contributed by atoms with van der Waals surface area (Å²) in [6.07, 6.45) is 2.38. The van der Waals surface area contributed by atoms with E-state index in [1.807, 2.05) is 13.8 Å². The number of aliphatic hydroxyl groups excluding tert-OH is 1. The number of ketones is 1. The van der Waals surface area contributed by atoms with Crippen LogP contribution in [0.1, 0.15) is 117 Å². The molecule has 3 aromatic heterocycles. The minimum Gasteiger partial charge on any atom is -0.480 e. The van der Waals surface area contributed by atoms with Gasteiger partial charge in [0.15, 0.2) is 17.5 Å². The number of fused-ring (bicyclic) bond motifs is 8. The number of amides is 3. The zero-order chi connectivity index (χ0) is 69.1. The number of carbonyl (C=O) groups is 9. The largest absolute Gasteiger partial charge is 0.480 e. The molecule has 4 heterocycles. The van der Waals surface area contributed by atoms with Crippen LogP contribution in [-0.2, 0) is 81.0 Å². The monoisotopic (exact) mass is 1330 g/mol. The van der Waals surface area contributed by atoms with Gasteiger partial charge in [-0.1, -0.05) is 46.8 Å². The molecule has 0 spiro atoms. The number of hydrogen-bond donors (Lipinski definition) is 6. The second-order valence-electron chi connectivity index (χ2n) is 23.0. The molecule has 518 valence electrons. The van der Waals surface area contributed by atoms with Crippen molar-refractivity contribution in [2.45, 2.75) is 165 Å². The predicted octanol–water partition coefficient (Wildman–Crippen LogP) is 4.57. The quantitative estimate of drug-likeness (QED) is 0.0283. The highest BCUT2D eigenvalue weighted by Gasteiger charge is 2.39. The molecule has 15 unspecified atom stereocenters. The molecule has 31 heteroatoms. The lowest BCUT2D eigenvalue weighted by Gasteiger charge is -2.35. The molecule has 1 aliphatic rings. The average Bonchev–Trinajstić information content (AvgIpc) is 1.79. The van der Waals surface area contributed by atoms with Crippen LogP contribution in [-0.4, -0.2) is 211 Å². The van der Waals surface area contributed by atoms with Crippen molar-refractivity contribution in [1.29, 1.82) is 0 Å². The molecule has 6 bridgehead atoms. The number of methoxy groups -OCH3 is 5. The molecule has 3 aromatic rings. The number of hydrogen-bond acceptors (Lipinski definition) is 26. The fourth-order valence-electron chi connectivity index (χ4n) is 10.4. The highest BCUT2D eigenvalue weighted by atomic mass is 32.2. The third-order valence-corrected chi connectivity index (χ3v) is 17.3. The molecular formula is C62H91N7O23S. The Balaban J connectivity index is 1.76. The van der Waals surface area contributed by atoms with Gasteiger partial charge in [0.05, 0.1) is 31.3 Å². The van der Waals surface area contributed by atoms with Gasteiger partial charge in [-0.25, -0.2) is 19.7 Å². The lowest BCUT2D eigenvalue weighted by molar-refractivity contribution is -0.173. The summed E-state index contributed by atoms with van der Waals surface area (Å²) >= 11 is 0.960. The van der Waals surface area contributed by atoms with Gasteiger partial charge in [0.1, 0.15) is 73.3 Å². The number of carboxylic acids is 2. The Hall–Kier alpha value is -7.39. The fraction of sp³-hybridized carbons (Fsp3) is 0.645. The number of esters is 3. The third kappa shape index (κ3) is 25.1. The van der Waals surface area contributed by atoms with Crippen LogP contribution in [0.4, 0.5) is 0 Å². The Labute approximate surface area is 544 Å². The number of aliphatic hydroxyl groups is 1. The van der Waals surface area contributed by atoms with Gasteiger partial charge in [-0.2, -0.15) is 11.8 Å². The topological polar surface area (TPSA) is 420 Å². The molecule has 0 aliphatic carbocycles. The summed E-state index contributed by atoms with van der Waals surface area (Å²) < 4.78 is 64.2. The van der Waals surface area contributed by atoms with Gasteiger partial charge in [0.2, 0.25) is 35.9 Å². The van der Waals surface area contributed by atoms with Crippen molar-refractivity contribution in [3.63, 3.8) is 0 Å². The van der Waals surface area contributed by atoms with Gasteiger partial charge in [-0.15, -0.1) is 0 Å². The van der Waals surface area contributed by atoms with E-state index in [0.29, 0.717) is 12.8 Å². The molecule has 0 radical (unpaired) electrons. The van der Waals surface area contributed by atoms with Crippen LogP contribution in [0, 0.1) is 29.6 Å². The van der Waals surface area contributed by atoms with Crippen LogP contribution in [0.25, 0.3) is 29.2 Å². The van der Waals surface area contributed by atoms with E-state index in [0.717, 1.165) is 11.8 Å². The van der Waals surface area contributed by atoms with E-state index in [1.54, 1.807) is 46.0 Å². The molecule has 93 heavy (non-hydrogen) atoms. The Bertz CT molecular complexity index is 2950. The minimum atomic E-state index is -1.51. The molecular weight excluding hydrogens is 1240 g/mol. The Kier molecular flexibility index (Phi) is 33.0. The number of oxazole rings is 3. The lowest BCUT2D eigenvalue weighted by Crippen LogP contribution is -2.49. The van der Waals surface area contributed by atoms with Crippen LogP contribution < -0.4 is 16.4 Å². The van der Waals surface area contributed by atoms with Crippen LogP contribution in [0.15, 0.2) is 50.4 Å². The van der Waals surface area contributed by atoms with Gasteiger partial charge in [0.25, 0.3) is 0 Å². The summed E-state index contributed by atoms with van der Waals surface area (Å²) in [7, 11) is 8.63. The number of aliphatic carboxylic acids is 2. The second kappa shape index (κ2) is 39.3. The van der Waals surface area contributed by atoms with E-state index >= 15 is 0 Å². The summed E-state index contributed by atoms with van der Waals surface area (Å²) in [6, 6.07) is -2.85. The Morgan fingerprint density at radius 2 is 1.57 bits per heavy atom. The maximum absolute atomic E-state index is 14.5. The third-order valence-electron chi connectivity index (χ3n) is 16.0. The first-order valence-corrected chi connectivity index (χ1v) is 31.4. The van der Waals surface area contributed by atoms with Gasteiger partial charge >= 0.3 is 29.8 Å². The molecule has 30 nitrogen and oxygen atoms in total. The predicted molar refractivity (Wildman–Crippen MR) is 332 cm³/mol. The van der Waals surface area contributed by atoms with Crippen molar-refractivity contribution < 1.29 is 110 Å². The van der Waals surface area contributed by atoms with Crippen molar-refractivity contribution >= 4 is 71.7 Å². The summed E-state index contributed by atoms with van der Waals surface area (Å²) in [5.41, 5.74) is 6.23. The smallest absolute Gasteiger partial charge is 0.337 e. The Morgan fingerprint density at radius 3 is 2.20 bits per heavy atom. The number of carbonyl (C=O) groups excluding carboxylic acids is 7. The van der Waals surface area contributed by atoms with Crippen molar-refractivity contribution in [1.82, 2.24) is 30.5 Å². The maximum Gasteiger partial charge on any atom is 0.337 e. The summed E-state index contributed by atoms with van der Waals surface area (Å²) in [5.74, 6) is -10.1. The number of Topliss-reactive ketones (excluding diaryl/α,β-unsaturated/α-hetero) is 1. The van der Waals surface area contributed by atoms with E-state index in [9.17, 15) is 58.5 Å². The Morgan fingerprint density at radius 1 is 0.882 bits per heavy atom. The van der Waals surface area contributed by atoms with Gasteiger partial charge in [0, 0.05) is 110 Å². The molecule has 16 atom stereocenters. The number of nitrogens with two attached hydrogens (primary N) is 1. The van der Waals surface area contributed by atoms with Crippen molar-refractivity contribution in [2.75, 3.05) is 61.5 Å². The van der Waals surface area contributed by atoms with E-state index in [2.05, 4.69) is 25.6 Å². The van der Waals surface area contributed by atoms with Gasteiger partial charge in [-0.3, -0.25) is 38.4 Å². The van der Waals surface area contributed by atoms with Crippen LogP contribution >= 0.6 is 11.8 Å². The molecule has 4 rings (SSSR count). The fourth-order valence-corrected chi connectivity index (χ4v) is 11.8. The SMILES string of the molecule is COCC(OC)C(=O)OC(CCC(C)C(CC1OC(=O)CC(O)CC(SCC(NC(=O)CC[C@H](N)C(=O)O)C(=O)NCC(=O)O)CC(=O)C(C)C(OC)c2coc(n2)-c2coc(n2)-c2coc(n2)/C=C/CC(OC)C1C)OC)C(C)C(OC(C)=O)C(C)/C=C/N(C)C=O. The molecule has 1 aliphatic heterocycles. The number of ether oxygens (including phenoxy) is 8. The zero-order valence-electron chi connectivity index (χ0n) is 54.6. The van der Waals surface area contributed by atoms with E-state index in [4.69, 9.17) is 56.9 Å². The molecule has 0 fully saturated rings. The number of nitrogens with one attached hydrogen (secondary N) is 2. The highest BCUT2D eigenvalue weighted by molar-refractivity contribution is 8.00. The molecule has 7 N–H and O–H groups in total. The minimum absolute atomic E-state index is 0.0198. The molecule has 0 saturated heterocycles. The summed E-state index contributed by atoms with van der Waals surface area (Å²) in [4.78, 5) is 131. The van der Waals surface area contributed by atoms with Crippen molar-refractivity contribution in [2.24, 2.45) is 35.3 Å². The number of rotatable bonds is 32. The van der Waals surface area contributed by atoms with Crippen LogP contribution in [0.3, 0.4) is 0 Å². The molecule has 0 saturated carbocycles. The number of thioether (sulfide) groups is 1. The first-order valence-electron chi connectivity index (χ1n) is 30.3. The second-order valence-corrected chi connectivity index (χ2v) is 24.3. The first-order chi connectivity index (χ1) is 44.2. The standard InChI is InChI=1S/C62H91N7O23S/c1-33(16-18-48(92-62(81)51(85-11)30-82-8)37(5)56(90-38(6)71)34(2)20-21-69(7)32-70)49(84-10)25-50-36(4)47(83-9)14-13-15-53-66-43(28-87-53)59-68-44(29-89-59)60-67-42(27-88-60)57(86-12)35(3)46(73)24-40(22-39(72)23-55(77)91-50)93-31-45(58(78)64-26-54(75)76)65-52(74)19-17-41(63)61(79)80/h13,15,20-21,27-29,32-37,39-41,45,47-51,56-57,72H,14,16-19,22-26,30-31,63H2,1-12H3,(H,64,78)(H,65,74)(H,75,76)(H,79,80)/b15-13+,21-20+/t33?,34?,35?,36?,37?,39?,40?,41-,45?,47?,48?,49?,50?,51?,56?,57?/m0/s1. The molecule has 3 amide bonds. The number of nitrogens with zero attached hydrogens (tertiary/aromatic N) is 4. The van der Waals surface area contributed by atoms with Crippen LogP contribution in [0.5, 0.6) is 0 Å². The van der Waals surface area contributed by atoms with Gasteiger partial charge < -0.3 is 87.7 Å². The highest BCUT2D eigenvalue weighted by Crippen LogP contribution is 2.35. The first kappa shape index (κ1) is 78.1. The molecule has 0 aromatic carbocycles. The van der Waals surface area contributed by atoms with Crippen molar-refractivity contribution in [3.05, 3.63) is 48.7 Å². The zero-order valence-corrected chi connectivity index (χ0v) is 55.4. The van der Waals surface area contributed by atoms with Crippen LogP contribution in [0.2, 0.25) is 0 Å².